The Hall–Kier alpha value is -0.150. The van der Waals surface area contributed by atoms with Crippen LogP contribution in [0.15, 0.2) is 0 Å². The van der Waals surface area contributed by atoms with Crippen molar-refractivity contribution in [3.63, 3.8) is 0 Å². The number of ether oxygens (including phenoxy) is 1. The third-order valence-corrected chi connectivity index (χ3v) is 0.456. The van der Waals surface area contributed by atoms with Crippen molar-refractivity contribution in [3.8, 4) is 0 Å². The molecule has 6 nitrogen and oxygen atoms in total. The summed E-state index contributed by atoms with van der Waals surface area (Å²) in [5, 5.41) is 16.0. The molecule has 9 heteroatoms. The van der Waals surface area contributed by atoms with Crippen molar-refractivity contribution in [1.29, 1.82) is 0 Å². The van der Waals surface area contributed by atoms with Crippen LogP contribution in [0.4, 0.5) is 0 Å². The second-order valence-electron chi connectivity index (χ2n) is 1.32. The second-order valence-corrected chi connectivity index (χ2v) is 2.13. The number of carbonyl (C=O) groups is 1. The molecule has 0 amide bonds. The fourth-order valence-electron chi connectivity index (χ4n) is 0.133. The molecule has 70 valence electrons. The molecule has 0 rings (SSSR count). The fraction of sp³-hybridized carbons (Fsp3) is 0.250. The summed E-state index contributed by atoms with van der Waals surface area (Å²) >= 11 is 7.97. The SMILES string of the molecule is NC(=S)OCC(=O)O.NC([O-])=S.[Na+]. The third-order valence-electron chi connectivity index (χ3n) is 0.338. The molecule has 0 spiro atoms. The maximum absolute atomic E-state index is 9.66. The number of nitrogens with two attached hydrogens (primary N) is 2. The monoisotopic (exact) mass is 234 g/mol. The molecule has 0 radical (unpaired) electrons. The van der Waals surface area contributed by atoms with Gasteiger partial charge in [-0.1, -0.05) is 12.2 Å². The standard InChI is InChI=1S/C3H5NO3S.CH3NOS.Na/c4-3(8)7-1-2(5)6;2-1(3)4;/h1H2,(H2,4,8)(H,5,6);(H3,2,3,4);/q;;+1/p-1. The molecule has 0 aliphatic carbocycles. The van der Waals surface area contributed by atoms with Crippen molar-refractivity contribution < 1.29 is 49.3 Å². The number of carboxylic acid groups (broad SMARTS) is 1. The van der Waals surface area contributed by atoms with E-state index < -0.39 is 17.8 Å². The summed E-state index contributed by atoms with van der Waals surface area (Å²) in [4.78, 5) is 9.66. The van der Waals surface area contributed by atoms with Gasteiger partial charge < -0.3 is 26.4 Å². The molecule has 0 atom stereocenters. The number of aliphatic carboxylic acids is 1. The van der Waals surface area contributed by atoms with Gasteiger partial charge in [0.05, 0.1) is 0 Å². The normalized spacial score (nSPS) is 6.77. The molecule has 0 aliphatic rings. The van der Waals surface area contributed by atoms with Gasteiger partial charge in [-0.25, -0.2) is 4.79 Å². The Bertz CT molecular complexity index is 171. The first-order valence-corrected chi connectivity index (χ1v) is 3.28. The van der Waals surface area contributed by atoms with E-state index in [1.165, 1.54) is 0 Å². The maximum Gasteiger partial charge on any atom is 1.00 e. The summed E-state index contributed by atoms with van der Waals surface area (Å²) in [6.45, 7) is -0.463. The minimum atomic E-state index is -1.09. The Labute approximate surface area is 108 Å². The number of hydrogen-bond donors (Lipinski definition) is 3. The first kappa shape index (κ1) is 18.6. The molecule has 0 saturated carbocycles. The summed E-state index contributed by atoms with van der Waals surface area (Å²) in [7, 11) is 0. The van der Waals surface area contributed by atoms with E-state index in [1.807, 2.05) is 0 Å². The molecule has 0 aromatic carbocycles. The quantitative estimate of drug-likeness (QED) is 0.320. The van der Waals surface area contributed by atoms with Crippen molar-refractivity contribution >= 4 is 40.8 Å². The Morgan fingerprint density at radius 3 is 1.85 bits per heavy atom. The van der Waals surface area contributed by atoms with Crippen molar-refractivity contribution in [3.05, 3.63) is 0 Å². The Balaban J connectivity index is -0.000000173. The van der Waals surface area contributed by atoms with Crippen molar-refractivity contribution in [2.24, 2.45) is 11.5 Å². The first-order valence-electron chi connectivity index (χ1n) is 2.46. The number of rotatable bonds is 2. The summed E-state index contributed by atoms with van der Waals surface area (Å²) in [6, 6.07) is 0. The molecule has 0 aromatic heterocycles. The predicted molar refractivity (Wildman–Crippen MR) is 47.2 cm³/mol. The van der Waals surface area contributed by atoms with Crippen molar-refractivity contribution in [2.45, 2.75) is 0 Å². The molecular weight excluding hydrogens is 227 g/mol. The maximum atomic E-state index is 9.66. The molecule has 0 fully saturated rings. The van der Waals surface area contributed by atoms with Crippen molar-refractivity contribution in [1.82, 2.24) is 0 Å². The minimum Gasteiger partial charge on any atom is -0.852 e. The Morgan fingerprint density at radius 2 is 1.77 bits per heavy atom. The van der Waals surface area contributed by atoms with Gasteiger partial charge in [0.1, 0.15) is 0 Å². The number of hydrogen-bond acceptors (Lipinski definition) is 5. The summed E-state index contributed by atoms with van der Waals surface area (Å²) in [5.41, 5.74) is 9.07. The van der Waals surface area contributed by atoms with Gasteiger partial charge in [0.25, 0.3) is 5.17 Å². The van der Waals surface area contributed by atoms with Gasteiger partial charge in [-0.15, -0.1) is 0 Å². The first-order chi connectivity index (χ1) is 5.36. The smallest absolute Gasteiger partial charge is 0.852 e. The average Bonchev–Trinajstić information content (AvgIpc) is 1.82. The van der Waals surface area contributed by atoms with E-state index in [-0.39, 0.29) is 34.7 Å². The van der Waals surface area contributed by atoms with Crippen LogP contribution in [-0.2, 0) is 9.53 Å². The second kappa shape index (κ2) is 11.8. The Morgan fingerprint density at radius 1 is 1.46 bits per heavy atom. The van der Waals surface area contributed by atoms with Crippen LogP contribution < -0.4 is 46.1 Å². The fourth-order valence-corrected chi connectivity index (χ4v) is 0.192. The molecule has 0 unspecified atom stereocenters. The van der Waals surface area contributed by atoms with Gasteiger partial charge in [0.2, 0.25) is 0 Å². The van der Waals surface area contributed by atoms with Crippen LogP contribution >= 0.6 is 24.4 Å². The van der Waals surface area contributed by atoms with Crippen LogP contribution in [-0.4, -0.2) is 28.0 Å². The van der Waals surface area contributed by atoms with Crippen LogP contribution in [0.5, 0.6) is 0 Å². The predicted octanol–water partition coefficient (Wildman–Crippen LogP) is -5.07. The molecule has 5 N–H and O–H groups in total. The van der Waals surface area contributed by atoms with Gasteiger partial charge in [-0.2, -0.15) is 0 Å². The van der Waals surface area contributed by atoms with E-state index >= 15 is 0 Å². The van der Waals surface area contributed by atoms with Crippen LogP contribution in [0.25, 0.3) is 0 Å². The van der Waals surface area contributed by atoms with Crippen LogP contribution in [0.3, 0.4) is 0 Å². The summed E-state index contributed by atoms with van der Waals surface area (Å²) in [5.74, 6) is -1.09. The van der Waals surface area contributed by atoms with E-state index in [0.717, 1.165) is 0 Å². The number of carboxylic acids is 1. The van der Waals surface area contributed by atoms with Crippen LogP contribution in [0.1, 0.15) is 0 Å². The van der Waals surface area contributed by atoms with Crippen LogP contribution in [0, 0.1) is 0 Å². The summed E-state index contributed by atoms with van der Waals surface area (Å²) in [6.07, 6.45) is 0. The zero-order valence-corrected chi connectivity index (χ0v) is 10.5. The minimum absolute atomic E-state index is 0. The third kappa shape index (κ3) is 48.9. The molecule has 13 heavy (non-hydrogen) atoms. The zero-order valence-electron chi connectivity index (χ0n) is 6.85. The summed E-state index contributed by atoms with van der Waals surface area (Å²) < 4.78 is 4.21. The van der Waals surface area contributed by atoms with Crippen LogP contribution in [0.2, 0.25) is 0 Å². The largest absolute Gasteiger partial charge is 1.00 e. The van der Waals surface area contributed by atoms with Gasteiger partial charge in [0, 0.05) is 5.17 Å². The molecule has 0 aliphatic heterocycles. The average molecular weight is 234 g/mol. The number of thiocarbonyl (C=S) groups is 2. The van der Waals surface area contributed by atoms with E-state index in [9.17, 15) is 4.79 Å². The van der Waals surface area contributed by atoms with E-state index in [4.69, 9.17) is 15.9 Å². The van der Waals surface area contributed by atoms with Gasteiger partial charge >= 0.3 is 35.5 Å². The van der Waals surface area contributed by atoms with Gasteiger partial charge in [-0.3, -0.25) is 0 Å². The van der Waals surface area contributed by atoms with E-state index in [2.05, 4.69) is 34.9 Å². The van der Waals surface area contributed by atoms with E-state index in [1.54, 1.807) is 0 Å². The van der Waals surface area contributed by atoms with Crippen molar-refractivity contribution in [2.75, 3.05) is 6.61 Å². The molecule has 0 heterocycles. The topological polar surface area (TPSA) is 122 Å². The van der Waals surface area contributed by atoms with Gasteiger partial charge in [-0.05, 0) is 12.2 Å². The van der Waals surface area contributed by atoms with E-state index in [0.29, 0.717) is 0 Å². The molecule has 0 bridgehead atoms. The Kier molecular flexibility index (Phi) is 17.0. The van der Waals surface area contributed by atoms with Gasteiger partial charge in [0.15, 0.2) is 6.61 Å². The molecule has 0 aromatic rings. The molecular formula is C4H7N2NaO4S2. The zero-order chi connectivity index (χ0) is 10.1. The molecule has 0 saturated heterocycles.